The molecule has 3 rings (SSSR count). The van der Waals surface area contributed by atoms with Gasteiger partial charge in [-0.2, -0.15) is 0 Å². The fraction of sp³-hybridized carbons (Fsp3) is 1.00. The summed E-state index contributed by atoms with van der Waals surface area (Å²) >= 11 is 0. The van der Waals surface area contributed by atoms with Gasteiger partial charge in [0.2, 0.25) is 0 Å². The summed E-state index contributed by atoms with van der Waals surface area (Å²) in [4.78, 5) is 0. The maximum Gasteiger partial charge on any atom is 0.161 e. The normalized spacial score (nSPS) is 49.2. The molecule has 3 saturated heterocycles. The predicted octanol–water partition coefficient (Wildman–Crippen LogP) is 0.560. The van der Waals surface area contributed by atoms with Crippen LogP contribution in [-0.2, 0) is 37.9 Å². The van der Waals surface area contributed by atoms with Gasteiger partial charge < -0.3 is 48.1 Å². The van der Waals surface area contributed by atoms with Gasteiger partial charge in [-0.25, -0.2) is 0 Å². The SMILES string of the molecule is CO[C@H]1CC(O)O[C@H](C)[C@H]1O[C@H]1C[C@H](OC)[C@H](O[C@H]2C[C@@H](OC)[C@@H](O)[C@H](C)O2)[C@@H](C)O1. The lowest BCUT2D eigenvalue weighted by molar-refractivity contribution is -0.334. The van der Waals surface area contributed by atoms with Crippen LogP contribution in [0.4, 0.5) is 0 Å². The van der Waals surface area contributed by atoms with Crippen LogP contribution in [-0.4, -0.2) is 105 Å². The molecular weight excluding hydrogens is 412 g/mol. The maximum atomic E-state index is 10.2. The second-order valence-electron chi connectivity index (χ2n) is 8.56. The summed E-state index contributed by atoms with van der Waals surface area (Å²) in [6, 6.07) is 0. The third-order valence-electron chi connectivity index (χ3n) is 6.43. The van der Waals surface area contributed by atoms with Crippen LogP contribution in [0.25, 0.3) is 0 Å². The molecule has 0 amide bonds. The van der Waals surface area contributed by atoms with Gasteiger partial charge in [0.1, 0.15) is 18.3 Å². The fourth-order valence-corrected chi connectivity index (χ4v) is 4.64. The summed E-state index contributed by atoms with van der Waals surface area (Å²) < 4.78 is 46.4. The lowest BCUT2D eigenvalue weighted by atomic mass is 9.99. The van der Waals surface area contributed by atoms with Crippen molar-refractivity contribution in [2.75, 3.05) is 21.3 Å². The van der Waals surface area contributed by atoms with E-state index in [1.165, 1.54) is 0 Å². The molecule has 2 N–H and O–H groups in total. The zero-order valence-corrected chi connectivity index (χ0v) is 19.2. The summed E-state index contributed by atoms with van der Waals surface area (Å²) in [5, 5.41) is 20.0. The maximum absolute atomic E-state index is 10.2. The Kier molecular flexibility index (Phi) is 9.07. The summed E-state index contributed by atoms with van der Waals surface area (Å²) in [5.74, 6) is 0. The lowest BCUT2D eigenvalue weighted by Gasteiger charge is -2.45. The number of aliphatic hydroxyl groups excluding tert-OH is 2. The van der Waals surface area contributed by atoms with Crippen molar-refractivity contribution in [1.82, 2.24) is 0 Å². The number of hydrogen-bond acceptors (Lipinski definition) is 10. The van der Waals surface area contributed by atoms with Gasteiger partial charge in [-0.15, -0.1) is 0 Å². The van der Waals surface area contributed by atoms with Crippen LogP contribution in [0.1, 0.15) is 40.0 Å². The standard InChI is InChI=1S/C21H38O10/c1-10-19(23)13(24-4)8-17(28-10)30-21-12(3)29-18(9-15(21)26-6)31-20-11(2)27-16(22)7-14(20)25-5/h10-23H,7-9H2,1-6H3/t10-,11+,12+,13+,14-,15-,16?,17-,18-,19-,20+,21+/m0/s1. The van der Waals surface area contributed by atoms with E-state index in [9.17, 15) is 10.2 Å². The molecule has 3 heterocycles. The third kappa shape index (κ3) is 5.94. The van der Waals surface area contributed by atoms with E-state index in [2.05, 4.69) is 0 Å². The summed E-state index contributed by atoms with van der Waals surface area (Å²) in [6.45, 7) is 5.54. The zero-order valence-electron chi connectivity index (χ0n) is 19.2. The molecule has 0 saturated carbocycles. The van der Waals surface area contributed by atoms with Gasteiger partial charge in [0, 0.05) is 40.6 Å². The molecule has 3 aliphatic rings. The van der Waals surface area contributed by atoms with Gasteiger partial charge >= 0.3 is 0 Å². The monoisotopic (exact) mass is 450 g/mol. The van der Waals surface area contributed by atoms with Crippen LogP contribution in [0.15, 0.2) is 0 Å². The first-order chi connectivity index (χ1) is 14.8. The minimum atomic E-state index is -0.872. The highest BCUT2D eigenvalue weighted by atomic mass is 16.7. The minimum absolute atomic E-state index is 0.285. The topological polar surface area (TPSA) is 114 Å². The van der Waals surface area contributed by atoms with Crippen LogP contribution < -0.4 is 0 Å². The molecule has 0 bridgehead atoms. The zero-order chi connectivity index (χ0) is 22.7. The molecule has 0 aromatic carbocycles. The second-order valence-corrected chi connectivity index (χ2v) is 8.56. The van der Waals surface area contributed by atoms with Gasteiger partial charge in [0.25, 0.3) is 0 Å². The summed E-state index contributed by atoms with van der Waals surface area (Å²) in [6.07, 6.45) is -4.26. The second kappa shape index (κ2) is 11.1. The quantitative estimate of drug-likeness (QED) is 0.570. The molecule has 1 unspecified atom stereocenters. The fourth-order valence-electron chi connectivity index (χ4n) is 4.64. The van der Waals surface area contributed by atoms with Crippen molar-refractivity contribution in [3.05, 3.63) is 0 Å². The Hall–Kier alpha value is -0.400. The molecule has 0 radical (unpaired) electrons. The molecule has 182 valence electrons. The van der Waals surface area contributed by atoms with E-state index in [1.807, 2.05) is 13.8 Å². The van der Waals surface area contributed by atoms with Crippen LogP contribution in [0, 0.1) is 0 Å². The van der Waals surface area contributed by atoms with E-state index in [-0.39, 0.29) is 42.7 Å². The Bertz CT molecular complexity index is 550. The number of methoxy groups -OCH3 is 3. The predicted molar refractivity (Wildman–Crippen MR) is 107 cm³/mol. The van der Waals surface area contributed by atoms with Crippen molar-refractivity contribution in [1.29, 1.82) is 0 Å². The lowest BCUT2D eigenvalue weighted by Crippen LogP contribution is -2.56. The molecule has 10 nitrogen and oxygen atoms in total. The molecule has 10 heteroatoms. The van der Waals surface area contributed by atoms with Crippen LogP contribution in [0.3, 0.4) is 0 Å². The highest BCUT2D eigenvalue weighted by molar-refractivity contribution is 4.88. The Labute approximate surface area is 184 Å². The number of ether oxygens (including phenoxy) is 8. The Morgan fingerprint density at radius 2 is 1.06 bits per heavy atom. The van der Waals surface area contributed by atoms with E-state index in [1.54, 1.807) is 28.3 Å². The number of rotatable bonds is 7. The molecule has 31 heavy (non-hydrogen) atoms. The summed E-state index contributed by atoms with van der Waals surface area (Å²) in [5.41, 5.74) is 0. The highest BCUT2D eigenvalue weighted by Gasteiger charge is 2.45. The molecule has 12 atom stereocenters. The summed E-state index contributed by atoms with van der Waals surface area (Å²) in [7, 11) is 4.79. The van der Waals surface area contributed by atoms with Gasteiger partial charge in [-0.1, -0.05) is 0 Å². The average molecular weight is 451 g/mol. The Balaban J connectivity index is 1.60. The van der Waals surface area contributed by atoms with E-state index in [0.717, 1.165) is 0 Å². The van der Waals surface area contributed by atoms with Gasteiger partial charge in [0.15, 0.2) is 18.9 Å². The Morgan fingerprint density at radius 3 is 1.61 bits per heavy atom. The minimum Gasteiger partial charge on any atom is -0.388 e. The van der Waals surface area contributed by atoms with Crippen molar-refractivity contribution in [3.8, 4) is 0 Å². The average Bonchev–Trinajstić information content (AvgIpc) is 2.73. The Morgan fingerprint density at radius 1 is 0.613 bits per heavy atom. The number of hydrogen-bond donors (Lipinski definition) is 2. The molecular formula is C21H38O10. The van der Waals surface area contributed by atoms with Crippen molar-refractivity contribution >= 4 is 0 Å². The molecule has 0 aliphatic carbocycles. The van der Waals surface area contributed by atoms with E-state index >= 15 is 0 Å². The van der Waals surface area contributed by atoms with E-state index < -0.39 is 31.1 Å². The number of aliphatic hydroxyl groups is 2. The van der Waals surface area contributed by atoms with Crippen LogP contribution in [0.2, 0.25) is 0 Å². The molecule has 3 fully saturated rings. The molecule has 0 aromatic heterocycles. The van der Waals surface area contributed by atoms with E-state index in [0.29, 0.717) is 19.3 Å². The van der Waals surface area contributed by atoms with Crippen LogP contribution >= 0.6 is 0 Å². The first kappa shape index (κ1) is 25.2. The van der Waals surface area contributed by atoms with Crippen molar-refractivity contribution in [2.24, 2.45) is 0 Å². The van der Waals surface area contributed by atoms with Crippen molar-refractivity contribution < 1.29 is 48.1 Å². The van der Waals surface area contributed by atoms with Gasteiger partial charge in [0.05, 0.1) is 36.6 Å². The first-order valence-corrected chi connectivity index (χ1v) is 11.0. The van der Waals surface area contributed by atoms with Crippen molar-refractivity contribution in [2.45, 2.75) is 114 Å². The molecule has 3 aliphatic heterocycles. The smallest absolute Gasteiger partial charge is 0.161 e. The molecule has 0 aromatic rings. The van der Waals surface area contributed by atoms with E-state index in [4.69, 9.17) is 37.9 Å². The van der Waals surface area contributed by atoms with Gasteiger partial charge in [-0.3, -0.25) is 0 Å². The molecule has 0 spiro atoms. The van der Waals surface area contributed by atoms with Crippen LogP contribution in [0.5, 0.6) is 0 Å². The van der Waals surface area contributed by atoms with Crippen molar-refractivity contribution in [3.63, 3.8) is 0 Å². The third-order valence-corrected chi connectivity index (χ3v) is 6.43. The largest absolute Gasteiger partial charge is 0.388 e. The first-order valence-electron chi connectivity index (χ1n) is 11.0. The highest BCUT2D eigenvalue weighted by Crippen LogP contribution is 2.33. The van der Waals surface area contributed by atoms with Gasteiger partial charge in [-0.05, 0) is 20.8 Å².